The lowest BCUT2D eigenvalue weighted by Crippen LogP contribution is -2.63. The van der Waals surface area contributed by atoms with Crippen molar-refractivity contribution in [2.24, 2.45) is 0 Å². The summed E-state index contributed by atoms with van der Waals surface area (Å²) in [5, 5.41) is 15.0. The number of methoxy groups -OCH3 is 2. The van der Waals surface area contributed by atoms with Gasteiger partial charge in [-0.15, -0.1) is 0 Å². The molecular weight excluding hydrogens is 742 g/mol. The minimum Gasteiger partial charge on any atom is -0.495 e. The number of rotatable bonds is 3. The smallest absolute Gasteiger partial charge is 0.409 e. The molecule has 5 aliphatic heterocycles. The van der Waals surface area contributed by atoms with Crippen LogP contribution >= 0.6 is 11.6 Å². The molecule has 56 heavy (non-hydrogen) atoms. The molecule has 3 fully saturated rings. The van der Waals surface area contributed by atoms with Crippen LogP contribution in [0.3, 0.4) is 0 Å². The second-order valence-corrected chi connectivity index (χ2v) is 16.0. The van der Waals surface area contributed by atoms with E-state index in [4.69, 9.17) is 35.3 Å². The summed E-state index contributed by atoms with van der Waals surface area (Å²) in [5.41, 5.74) is 1.07. The number of nitrogens with zero attached hydrogens (tertiary/aromatic N) is 2. The van der Waals surface area contributed by atoms with Gasteiger partial charge in [0.25, 0.3) is 5.91 Å². The number of amides is 3. The Kier molecular flexibility index (Phi) is 10.6. The van der Waals surface area contributed by atoms with Gasteiger partial charge in [0.1, 0.15) is 46.8 Å². The van der Waals surface area contributed by atoms with E-state index in [-0.39, 0.29) is 23.4 Å². The van der Waals surface area contributed by atoms with Crippen LogP contribution in [0.15, 0.2) is 60.7 Å². The van der Waals surface area contributed by atoms with Gasteiger partial charge in [-0.1, -0.05) is 59.7 Å². The number of alkyl carbamates (subject to hydrolysis) is 1. The van der Waals surface area contributed by atoms with Crippen LogP contribution in [0.25, 0.3) is 5.57 Å². The van der Waals surface area contributed by atoms with Crippen molar-refractivity contribution >= 4 is 46.7 Å². The first-order valence-corrected chi connectivity index (χ1v) is 19.2. The number of ether oxygens (including phenoxy) is 5. The highest BCUT2D eigenvalue weighted by Crippen LogP contribution is 2.54. The maximum absolute atomic E-state index is 14.6. The number of carbonyl (C=O) groups is 4. The first-order chi connectivity index (χ1) is 26.6. The second-order valence-electron chi connectivity index (χ2n) is 15.6. The van der Waals surface area contributed by atoms with Crippen LogP contribution < -0.4 is 15.0 Å². The lowest BCUT2D eigenvalue weighted by atomic mass is 9.77. The third-order valence-electron chi connectivity index (χ3n) is 11.8. The van der Waals surface area contributed by atoms with Crippen molar-refractivity contribution in [2.75, 3.05) is 32.7 Å². The molecule has 1 unspecified atom stereocenters. The van der Waals surface area contributed by atoms with Gasteiger partial charge in [-0.2, -0.15) is 0 Å². The normalized spacial score (nSPS) is 33.4. The number of hydrogen-bond donors (Lipinski definition) is 2. The summed E-state index contributed by atoms with van der Waals surface area (Å²) in [6.45, 7) is 9.95. The van der Waals surface area contributed by atoms with E-state index < -0.39 is 71.6 Å². The number of allylic oxidation sites excluding steroid dienone is 4. The first-order valence-electron chi connectivity index (χ1n) is 18.8. The number of anilines is 1. The molecule has 8 atom stereocenters. The molecule has 14 heteroatoms. The number of fused-ring (bicyclic) bond motifs is 8. The summed E-state index contributed by atoms with van der Waals surface area (Å²) in [7, 11) is 4.52. The van der Waals surface area contributed by atoms with Gasteiger partial charge in [0.15, 0.2) is 5.72 Å². The molecule has 3 amide bonds. The zero-order chi connectivity index (χ0) is 40.3. The van der Waals surface area contributed by atoms with Gasteiger partial charge in [0.05, 0.1) is 25.1 Å². The number of halogens is 1. The lowest BCUT2D eigenvalue weighted by Gasteiger charge is -2.43. The molecule has 298 valence electrons. The van der Waals surface area contributed by atoms with Gasteiger partial charge in [-0.25, -0.2) is 9.59 Å². The zero-order valence-electron chi connectivity index (χ0n) is 32.4. The van der Waals surface area contributed by atoms with Gasteiger partial charge in [0, 0.05) is 32.7 Å². The van der Waals surface area contributed by atoms with Gasteiger partial charge < -0.3 is 38.6 Å². The second kappa shape index (κ2) is 15.0. The fraction of sp³-hybridized carbons (Fsp3) is 0.476. The molecule has 2 aromatic carbocycles. The monoisotopic (exact) mass is 789 g/mol. The Bertz CT molecular complexity index is 2050. The highest BCUT2D eigenvalue weighted by Gasteiger charge is 2.66. The quantitative estimate of drug-likeness (QED) is 0.302. The maximum atomic E-state index is 14.6. The number of epoxide rings is 1. The highest BCUT2D eigenvalue weighted by atomic mass is 35.5. The van der Waals surface area contributed by atoms with Crippen LogP contribution in [0.2, 0.25) is 5.02 Å². The SMILES string of the molecule is C=C(C)c1ccc2c(c1)[C@@H]1[C@@H]3C[C@@](O)(NC(=O)O3)[C@H](OC)/C=C/C=C(\C)Cc3cc(OC)c(Cl)c(c3)N(C)C(=O)C[C@H](OC(=O)C3CCCN3C2=O)[C@]2(C)O[C@@H]12. The average Bonchev–Trinajstić information content (AvgIpc) is 3.57. The highest BCUT2D eigenvalue weighted by molar-refractivity contribution is 6.35. The number of benzene rings is 2. The third kappa shape index (κ3) is 7.10. The molecular formula is C42H48ClN3O10. The summed E-state index contributed by atoms with van der Waals surface area (Å²) in [4.78, 5) is 59.5. The Morgan fingerprint density at radius 2 is 1.89 bits per heavy atom. The molecule has 0 saturated carbocycles. The van der Waals surface area contributed by atoms with Crippen molar-refractivity contribution < 1.29 is 48.0 Å². The summed E-state index contributed by atoms with van der Waals surface area (Å²) < 4.78 is 30.2. The predicted molar refractivity (Wildman–Crippen MR) is 208 cm³/mol. The largest absolute Gasteiger partial charge is 0.495 e. The van der Waals surface area contributed by atoms with E-state index in [1.54, 1.807) is 44.3 Å². The first kappa shape index (κ1) is 39.5. The summed E-state index contributed by atoms with van der Waals surface area (Å²) in [6, 6.07) is 8.02. The summed E-state index contributed by atoms with van der Waals surface area (Å²) in [5.74, 6) is -2.00. The molecule has 3 saturated heterocycles. The molecule has 2 aromatic rings. The van der Waals surface area contributed by atoms with Crippen LogP contribution in [-0.4, -0.2) is 103 Å². The van der Waals surface area contributed by atoms with Crippen LogP contribution in [0, 0.1) is 0 Å². The van der Waals surface area contributed by atoms with Gasteiger partial charge in [-0.05, 0) is 74.9 Å². The Morgan fingerprint density at radius 1 is 1.12 bits per heavy atom. The van der Waals surface area contributed by atoms with E-state index in [1.807, 2.05) is 32.1 Å². The van der Waals surface area contributed by atoms with Gasteiger partial charge in [0.2, 0.25) is 5.91 Å². The molecule has 7 rings (SSSR count). The van der Waals surface area contributed by atoms with E-state index in [2.05, 4.69) is 11.9 Å². The Labute approximate surface area is 331 Å². The van der Waals surface area contributed by atoms with Crippen LogP contribution in [-0.2, 0) is 35.0 Å². The molecule has 13 nitrogen and oxygen atoms in total. The number of nitrogens with one attached hydrogen (secondary N) is 1. The van der Waals surface area contributed by atoms with E-state index in [9.17, 15) is 24.3 Å². The maximum Gasteiger partial charge on any atom is 0.409 e. The number of hydrogen-bond acceptors (Lipinski definition) is 10. The van der Waals surface area contributed by atoms with Crippen molar-refractivity contribution in [3.05, 3.63) is 88.0 Å². The van der Waals surface area contributed by atoms with E-state index in [0.717, 1.165) is 22.3 Å². The Balaban J connectivity index is 1.44. The molecule has 0 spiro atoms. The summed E-state index contributed by atoms with van der Waals surface area (Å²) >= 11 is 6.82. The zero-order valence-corrected chi connectivity index (χ0v) is 33.2. The molecule has 5 heterocycles. The topological polar surface area (TPSA) is 156 Å². The Morgan fingerprint density at radius 3 is 2.61 bits per heavy atom. The molecule has 5 aliphatic rings. The van der Waals surface area contributed by atoms with Crippen molar-refractivity contribution in [3.63, 3.8) is 0 Å². The standard InChI is InChI=1S/C42H48ClN3O10/c1-22(2)25-13-14-26-27(19-25)35-31-21-42(51,44-40(50)54-31)32(53-7)12-8-10-23(3)16-24-17-29(36(43)30(18-24)52-6)45(5)34(47)20-33(41(4)37(35)56-41)55-39(49)28-11-9-15-46(28)38(26)48/h8,10,12-14,17-19,28,31-33,35,37,51H,1,9,11,15-16,20-21H2,2-7H3,(H,44,50)/b12-8+,23-10+/t28?,31-,32+,33-,35+,37-,41-,42-/m0/s1. The molecule has 0 aliphatic carbocycles. The van der Waals surface area contributed by atoms with Crippen molar-refractivity contribution in [3.8, 4) is 5.75 Å². The van der Waals surface area contributed by atoms with Crippen LogP contribution in [0.5, 0.6) is 5.75 Å². The fourth-order valence-electron chi connectivity index (χ4n) is 8.60. The molecule has 2 N–H and O–H groups in total. The van der Waals surface area contributed by atoms with E-state index in [1.165, 1.54) is 24.0 Å². The number of esters is 1. The van der Waals surface area contributed by atoms with Crippen molar-refractivity contribution in [1.82, 2.24) is 10.2 Å². The number of aliphatic hydroxyl groups is 1. The summed E-state index contributed by atoms with van der Waals surface area (Å²) in [6.07, 6.45) is 1.10. The number of carbonyl (C=O) groups excluding carboxylic acids is 4. The third-order valence-corrected chi connectivity index (χ3v) is 12.2. The average molecular weight is 790 g/mol. The Hall–Kier alpha value is -4.69. The molecule has 6 bridgehead atoms. The van der Waals surface area contributed by atoms with Gasteiger partial charge in [-0.3, -0.25) is 14.9 Å². The van der Waals surface area contributed by atoms with E-state index in [0.29, 0.717) is 42.8 Å². The van der Waals surface area contributed by atoms with Gasteiger partial charge >= 0.3 is 12.1 Å². The fourth-order valence-corrected chi connectivity index (χ4v) is 8.92. The minimum atomic E-state index is -1.97. The molecule has 0 radical (unpaired) electrons. The van der Waals surface area contributed by atoms with E-state index >= 15 is 0 Å². The lowest BCUT2D eigenvalue weighted by molar-refractivity contribution is -0.158. The van der Waals surface area contributed by atoms with Crippen molar-refractivity contribution in [1.29, 1.82) is 0 Å². The predicted octanol–water partition coefficient (Wildman–Crippen LogP) is 5.47. The molecule has 0 aromatic heterocycles. The minimum absolute atomic E-state index is 0.182. The van der Waals surface area contributed by atoms with Crippen LogP contribution in [0.1, 0.15) is 79.4 Å². The van der Waals surface area contributed by atoms with Crippen LogP contribution in [0.4, 0.5) is 10.5 Å². The van der Waals surface area contributed by atoms with Crippen molar-refractivity contribution in [2.45, 2.75) is 101 Å².